The van der Waals surface area contributed by atoms with Crippen LogP contribution in [0.2, 0.25) is 0 Å². The number of nitrogens with one attached hydrogen (secondary N) is 2. The summed E-state index contributed by atoms with van der Waals surface area (Å²) < 4.78 is 85.3. The molecule has 3 heterocycles. The molecule has 4 aromatic rings. The molecule has 1 fully saturated rings. The van der Waals surface area contributed by atoms with Gasteiger partial charge in [-0.25, -0.2) is 4.68 Å². The summed E-state index contributed by atoms with van der Waals surface area (Å²) in [4.78, 5) is 17.3. The normalized spacial score (nSPS) is 15.0. The van der Waals surface area contributed by atoms with Gasteiger partial charge in [0.1, 0.15) is 17.8 Å². The number of aromatic nitrogens is 5. The van der Waals surface area contributed by atoms with Crippen LogP contribution in [0.4, 0.5) is 37.7 Å². The van der Waals surface area contributed by atoms with Crippen LogP contribution < -0.4 is 16.2 Å². The molecule has 0 unspecified atom stereocenters. The third-order valence-electron chi connectivity index (χ3n) is 8.83. The number of hydrogen-bond acceptors (Lipinski definition) is 8. The summed E-state index contributed by atoms with van der Waals surface area (Å²) in [5.74, 6) is 0. The molecule has 0 bridgehead atoms. The number of nitriles is 2. The predicted molar refractivity (Wildman–Crippen MR) is 175 cm³/mol. The van der Waals surface area contributed by atoms with Gasteiger partial charge in [-0.1, -0.05) is 23.9 Å². The van der Waals surface area contributed by atoms with E-state index in [9.17, 15) is 41.7 Å². The number of hydrogen-bond donors (Lipinski definition) is 2. The van der Waals surface area contributed by atoms with Crippen LogP contribution in [0.5, 0.6) is 0 Å². The van der Waals surface area contributed by atoms with Gasteiger partial charge in [-0.2, -0.15) is 36.9 Å². The maximum Gasteiger partial charge on any atom is 0.413 e. The highest BCUT2D eigenvalue weighted by atomic mass is 19.4. The van der Waals surface area contributed by atoms with Crippen molar-refractivity contribution < 1.29 is 26.3 Å². The summed E-state index contributed by atoms with van der Waals surface area (Å²) in [5, 5.41) is 33.8. The first-order valence-electron chi connectivity index (χ1n) is 15.2. The number of halogens is 6. The number of pyridine rings is 2. The van der Waals surface area contributed by atoms with Crippen molar-refractivity contribution in [2.75, 3.05) is 17.2 Å². The van der Waals surface area contributed by atoms with E-state index >= 15 is 0 Å². The van der Waals surface area contributed by atoms with Crippen LogP contribution in [0, 0.1) is 28.1 Å². The number of aryl methyl sites for hydroxylation is 1. The fourth-order valence-electron chi connectivity index (χ4n) is 5.45. The van der Waals surface area contributed by atoms with E-state index in [-0.39, 0.29) is 68.6 Å². The molecule has 0 saturated heterocycles. The predicted octanol–water partition coefficient (Wildman–Crippen LogP) is 7.22. The first-order chi connectivity index (χ1) is 23.4. The lowest BCUT2D eigenvalue weighted by Crippen LogP contribution is -2.38. The second kappa shape index (κ2) is 12.7. The second-order valence-electron chi connectivity index (χ2n) is 12.7. The smallest absolute Gasteiger partial charge is 0.382 e. The highest BCUT2D eigenvalue weighted by Crippen LogP contribution is 2.55. The van der Waals surface area contributed by atoms with E-state index < -0.39 is 35.9 Å². The number of alkyl halides is 6. The molecule has 0 aliphatic heterocycles. The van der Waals surface area contributed by atoms with Crippen molar-refractivity contribution in [3.8, 4) is 12.1 Å². The molecule has 1 aliphatic rings. The van der Waals surface area contributed by atoms with E-state index in [2.05, 4.69) is 32.5 Å². The van der Waals surface area contributed by atoms with Crippen molar-refractivity contribution in [3.05, 3.63) is 87.7 Å². The molecule has 10 nitrogen and oxygen atoms in total. The van der Waals surface area contributed by atoms with Crippen LogP contribution in [0.1, 0.15) is 67.6 Å². The van der Waals surface area contributed by atoms with E-state index in [1.54, 1.807) is 32.2 Å². The molecule has 16 heteroatoms. The number of anilines is 2. The summed E-state index contributed by atoms with van der Waals surface area (Å²) in [6.45, 7) is 7.27. The topological polar surface area (TPSA) is 137 Å². The van der Waals surface area contributed by atoms with Crippen molar-refractivity contribution in [1.29, 1.82) is 10.5 Å². The minimum Gasteiger partial charge on any atom is -0.382 e. The lowest BCUT2D eigenvalue weighted by atomic mass is 9.92. The summed E-state index contributed by atoms with van der Waals surface area (Å²) in [7, 11) is 1.55. The van der Waals surface area contributed by atoms with E-state index in [0.29, 0.717) is 5.56 Å². The minimum atomic E-state index is -4.60. The molecule has 1 aliphatic carbocycles. The molecule has 1 aromatic carbocycles. The first-order valence-corrected chi connectivity index (χ1v) is 15.2. The molecular formula is C34H31F6N9O. The molecule has 0 spiro atoms. The first kappa shape index (κ1) is 35.7. The van der Waals surface area contributed by atoms with Crippen LogP contribution in [0.25, 0.3) is 22.6 Å². The van der Waals surface area contributed by atoms with Gasteiger partial charge in [0, 0.05) is 42.6 Å². The lowest BCUT2D eigenvalue weighted by molar-refractivity contribution is -0.206. The van der Waals surface area contributed by atoms with Crippen LogP contribution >= 0.6 is 0 Å². The Labute approximate surface area is 282 Å². The Balaban J connectivity index is 1.67. The Morgan fingerprint density at radius 3 is 2.40 bits per heavy atom. The van der Waals surface area contributed by atoms with Crippen LogP contribution in [-0.2, 0) is 12.6 Å². The molecule has 1 atom stereocenters. The van der Waals surface area contributed by atoms with Gasteiger partial charge < -0.3 is 15.2 Å². The summed E-state index contributed by atoms with van der Waals surface area (Å²) >= 11 is 0. The zero-order valence-corrected chi connectivity index (χ0v) is 27.3. The molecule has 3 aromatic heterocycles. The van der Waals surface area contributed by atoms with Gasteiger partial charge in [0.25, 0.3) is 5.56 Å². The van der Waals surface area contributed by atoms with Gasteiger partial charge >= 0.3 is 12.4 Å². The Morgan fingerprint density at radius 1 is 1.14 bits per heavy atom. The van der Waals surface area contributed by atoms with Crippen LogP contribution in [-0.4, -0.2) is 43.4 Å². The van der Waals surface area contributed by atoms with E-state index in [0.717, 1.165) is 30.9 Å². The average Bonchev–Trinajstić information content (AvgIpc) is 3.74. The van der Waals surface area contributed by atoms with Gasteiger partial charge in [-0.05, 0) is 62.9 Å². The Morgan fingerprint density at radius 2 is 1.82 bits per heavy atom. The van der Waals surface area contributed by atoms with E-state index in [4.69, 9.17) is 0 Å². The zero-order valence-electron chi connectivity index (χ0n) is 27.3. The summed E-state index contributed by atoms with van der Waals surface area (Å²) in [5.41, 5.74) is -3.83. The molecule has 0 radical (unpaired) electrons. The quantitative estimate of drug-likeness (QED) is 0.166. The average molecular weight is 696 g/mol. The lowest BCUT2D eigenvalue weighted by Gasteiger charge is -2.29. The monoisotopic (exact) mass is 695 g/mol. The van der Waals surface area contributed by atoms with Crippen molar-refractivity contribution >= 4 is 33.9 Å². The maximum atomic E-state index is 14.0. The van der Waals surface area contributed by atoms with E-state index in [1.807, 2.05) is 12.1 Å². The Kier molecular flexibility index (Phi) is 9.04. The largest absolute Gasteiger partial charge is 0.413 e. The van der Waals surface area contributed by atoms with Crippen molar-refractivity contribution in [2.24, 2.45) is 12.5 Å². The third-order valence-corrected chi connectivity index (χ3v) is 8.83. The van der Waals surface area contributed by atoms with Gasteiger partial charge in [0.2, 0.25) is 0 Å². The number of allylic oxidation sites excluding steroid dienone is 1. The highest BCUT2D eigenvalue weighted by Gasteiger charge is 2.66. The molecule has 5 rings (SSSR count). The Bertz CT molecular complexity index is 2160. The SMILES string of the molecule is C=C(c1ccn(C)c(=O)c1/C=C\C)[C@H](Nc1cc(C#N)c2ncc(C#N)c(NCC(C)(C)C(F)(F)F)c2c1)c1cn(C2(C(F)(F)F)CC2)nn1. The Hall–Kier alpha value is -5.64. The number of rotatable bonds is 10. The molecule has 2 N–H and O–H groups in total. The number of nitrogens with zero attached hydrogens (tertiary/aromatic N) is 7. The zero-order chi connectivity index (χ0) is 36.8. The number of benzene rings is 1. The van der Waals surface area contributed by atoms with Gasteiger partial charge in [-0.3, -0.25) is 9.78 Å². The van der Waals surface area contributed by atoms with Crippen molar-refractivity contribution in [1.82, 2.24) is 24.5 Å². The fraction of sp³-hybridized carbons (Fsp3) is 0.353. The standard InChI is InChI=1S/C34H31F6N9O/c1-6-7-24-23(8-11-48(5)30(24)50)19(2)27(26-17-49(47-46-26)32(9-10-32)34(38,39)40)45-22-12-20(14-41)28-25(13-22)29(21(15-42)16-43-28)44-18-31(3,4)33(35,36)37/h6-8,11-13,16-17,27,45H,2,9-10,18H2,1,3-5H3,(H,43,44)/b7-6-/t27-/m0/s1. The summed E-state index contributed by atoms with van der Waals surface area (Å²) in [6, 6.07) is 7.24. The maximum absolute atomic E-state index is 14.0. The van der Waals surface area contributed by atoms with Crippen LogP contribution in [0.3, 0.4) is 0 Å². The second-order valence-corrected chi connectivity index (χ2v) is 12.7. The summed E-state index contributed by atoms with van der Waals surface area (Å²) in [6.07, 6.45) is -2.55. The molecule has 0 amide bonds. The third kappa shape index (κ3) is 6.29. The highest BCUT2D eigenvalue weighted by molar-refractivity contribution is 5.99. The number of fused-ring (bicyclic) bond motifs is 1. The molecular weight excluding hydrogens is 664 g/mol. The van der Waals surface area contributed by atoms with Crippen LogP contribution in [0.15, 0.2) is 54.2 Å². The van der Waals surface area contributed by atoms with E-state index in [1.165, 1.54) is 22.9 Å². The molecule has 260 valence electrons. The van der Waals surface area contributed by atoms with Crippen molar-refractivity contribution in [2.45, 2.75) is 57.5 Å². The van der Waals surface area contributed by atoms with Crippen molar-refractivity contribution in [3.63, 3.8) is 0 Å². The van der Waals surface area contributed by atoms with Gasteiger partial charge in [0.15, 0.2) is 5.54 Å². The molecule has 1 saturated carbocycles. The van der Waals surface area contributed by atoms with Gasteiger partial charge in [0.05, 0.1) is 40.0 Å². The van der Waals surface area contributed by atoms with Gasteiger partial charge in [-0.15, -0.1) is 5.10 Å². The molecule has 50 heavy (non-hydrogen) atoms. The minimum absolute atomic E-state index is 0.000858. The fourth-order valence-corrected chi connectivity index (χ4v) is 5.45.